The van der Waals surface area contributed by atoms with E-state index in [1.807, 2.05) is 20.8 Å². The van der Waals surface area contributed by atoms with E-state index in [9.17, 15) is 37.5 Å². The molecular weight excluding hydrogens is 607 g/mol. The van der Waals surface area contributed by atoms with Crippen LogP contribution >= 0.6 is 0 Å². The summed E-state index contributed by atoms with van der Waals surface area (Å²) in [5, 5.41) is 16.9. The Bertz CT molecular complexity index is 1200. The lowest BCUT2D eigenvalue weighted by Crippen LogP contribution is -2.59. The summed E-state index contributed by atoms with van der Waals surface area (Å²) in [7, 11) is 0. The van der Waals surface area contributed by atoms with Gasteiger partial charge in [-0.25, -0.2) is 9.86 Å². The third-order valence-corrected chi connectivity index (χ3v) is 8.17. The van der Waals surface area contributed by atoms with Gasteiger partial charge >= 0.3 is 12.2 Å². The largest absolute Gasteiger partial charge is 0.415 e. The Morgan fingerprint density at radius 3 is 2.15 bits per heavy atom. The third kappa shape index (κ3) is 10.1. The molecule has 2 saturated heterocycles. The minimum Gasteiger partial charge on any atom is -0.383 e. The van der Waals surface area contributed by atoms with Gasteiger partial charge in [-0.15, -0.1) is 0 Å². The SMILES string of the molecule is CC(=O)N(OC(C)(C)C)C1CCN(C(=O)N[C@H](C(=O)N2CCC[C@H]2NC(=O)[C@@H](Cc2ccccc2)[C@H](O)C(F)(F)F)C(C)C)CC1. The zero-order valence-electron chi connectivity index (χ0n) is 27.5. The minimum atomic E-state index is -5.02. The number of aliphatic hydroxyl groups is 1. The van der Waals surface area contributed by atoms with E-state index in [2.05, 4.69) is 10.6 Å². The van der Waals surface area contributed by atoms with Crippen LogP contribution < -0.4 is 10.6 Å². The second-order valence-corrected chi connectivity index (χ2v) is 13.4. The van der Waals surface area contributed by atoms with Crippen LogP contribution in [-0.2, 0) is 25.6 Å². The van der Waals surface area contributed by atoms with Crippen LogP contribution in [0.15, 0.2) is 30.3 Å². The number of urea groups is 1. The monoisotopic (exact) mass is 655 g/mol. The Morgan fingerprint density at radius 2 is 1.63 bits per heavy atom. The molecule has 0 aromatic heterocycles. The van der Waals surface area contributed by atoms with E-state index >= 15 is 0 Å². The number of piperidine rings is 1. The number of hydrogen-bond donors (Lipinski definition) is 3. The molecule has 2 heterocycles. The van der Waals surface area contributed by atoms with Crippen LogP contribution in [0.2, 0.25) is 0 Å². The topological polar surface area (TPSA) is 132 Å². The van der Waals surface area contributed by atoms with Gasteiger partial charge in [0.15, 0.2) is 6.10 Å². The summed E-state index contributed by atoms with van der Waals surface area (Å²) in [5.74, 6) is -3.86. The number of aliphatic hydroxyl groups excluding tert-OH is 1. The van der Waals surface area contributed by atoms with Crippen molar-refractivity contribution in [3.05, 3.63) is 35.9 Å². The predicted octanol–water partition coefficient (Wildman–Crippen LogP) is 3.61. The molecule has 14 heteroatoms. The number of carbonyl (C=O) groups excluding carboxylic acids is 4. The van der Waals surface area contributed by atoms with E-state index in [0.29, 0.717) is 44.3 Å². The maximum Gasteiger partial charge on any atom is 0.415 e. The standard InChI is InChI=1S/C32H48F3N5O6/c1-20(2)26(37-30(45)38-17-14-23(15-18-38)40(21(3)41)46-31(4,5)6)29(44)39-16-10-13-25(39)36-28(43)24(27(42)32(33,34)35)19-22-11-8-7-9-12-22/h7-9,11-12,20,23-27,42H,10,13-19H2,1-6H3,(H,36,43)(H,37,45)/t24-,25-,26-,27-/m0/s1. The molecule has 2 fully saturated rings. The van der Waals surface area contributed by atoms with Crippen LogP contribution in [0.5, 0.6) is 0 Å². The smallest absolute Gasteiger partial charge is 0.383 e. The quantitative estimate of drug-likeness (QED) is 0.330. The number of likely N-dealkylation sites (tertiary alicyclic amines) is 2. The number of carbonyl (C=O) groups is 4. The van der Waals surface area contributed by atoms with Gasteiger partial charge in [-0.05, 0) is 64.4 Å². The van der Waals surface area contributed by atoms with Gasteiger partial charge in [0, 0.05) is 26.6 Å². The summed E-state index contributed by atoms with van der Waals surface area (Å²) in [4.78, 5) is 61.3. The van der Waals surface area contributed by atoms with Crippen LogP contribution in [0.25, 0.3) is 0 Å². The van der Waals surface area contributed by atoms with Gasteiger partial charge in [-0.1, -0.05) is 44.2 Å². The van der Waals surface area contributed by atoms with Crippen molar-refractivity contribution in [1.82, 2.24) is 25.5 Å². The van der Waals surface area contributed by atoms with Gasteiger partial charge in [-0.2, -0.15) is 13.2 Å². The number of hydrogen-bond acceptors (Lipinski definition) is 6. The van der Waals surface area contributed by atoms with Crippen molar-refractivity contribution < 1.29 is 42.3 Å². The molecule has 258 valence electrons. The zero-order chi connectivity index (χ0) is 34.4. The summed E-state index contributed by atoms with van der Waals surface area (Å²) >= 11 is 0. The first-order valence-corrected chi connectivity index (χ1v) is 15.8. The lowest BCUT2D eigenvalue weighted by Gasteiger charge is -2.40. The van der Waals surface area contributed by atoms with Gasteiger partial charge in [0.1, 0.15) is 12.2 Å². The molecule has 11 nitrogen and oxygen atoms in total. The normalized spacial score (nSPS) is 19.8. The van der Waals surface area contributed by atoms with Crippen LogP contribution in [0.4, 0.5) is 18.0 Å². The van der Waals surface area contributed by atoms with E-state index in [0.717, 1.165) is 0 Å². The first kappa shape index (κ1) is 37.1. The van der Waals surface area contributed by atoms with Gasteiger partial charge < -0.3 is 25.5 Å². The highest BCUT2D eigenvalue weighted by Crippen LogP contribution is 2.29. The van der Waals surface area contributed by atoms with Crippen molar-refractivity contribution >= 4 is 23.8 Å². The van der Waals surface area contributed by atoms with Gasteiger partial charge in [0.2, 0.25) is 17.7 Å². The number of benzene rings is 1. The fourth-order valence-corrected chi connectivity index (χ4v) is 5.81. The number of nitrogens with one attached hydrogen (secondary N) is 2. The number of alkyl halides is 3. The molecule has 0 radical (unpaired) electrons. The molecule has 3 N–H and O–H groups in total. The van der Waals surface area contributed by atoms with Crippen molar-refractivity contribution in [2.75, 3.05) is 19.6 Å². The number of hydroxylamine groups is 2. The first-order valence-electron chi connectivity index (χ1n) is 15.8. The van der Waals surface area contributed by atoms with E-state index in [1.54, 1.807) is 49.1 Å². The number of amides is 5. The summed E-state index contributed by atoms with van der Waals surface area (Å²) in [6, 6.07) is 6.49. The second kappa shape index (κ2) is 15.5. The fraction of sp³-hybridized carbons (Fsp3) is 0.688. The Kier molecular flexibility index (Phi) is 12.5. The predicted molar refractivity (Wildman–Crippen MR) is 164 cm³/mol. The van der Waals surface area contributed by atoms with Crippen molar-refractivity contribution in [2.24, 2.45) is 11.8 Å². The molecular formula is C32H48F3N5O6. The third-order valence-electron chi connectivity index (χ3n) is 8.17. The molecule has 5 amide bonds. The van der Waals surface area contributed by atoms with E-state index in [4.69, 9.17) is 4.84 Å². The van der Waals surface area contributed by atoms with E-state index < -0.39 is 53.9 Å². The van der Waals surface area contributed by atoms with Crippen LogP contribution in [0, 0.1) is 11.8 Å². The Hall–Kier alpha value is -3.39. The lowest BCUT2D eigenvalue weighted by atomic mass is 9.92. The molecule has 2 aliphatic heterocycles. The molecule has 46 heavy (non-hydrogen) atoms. The first-order chi connectivity index (χ1) is 21.4. The molecule has 0 aliphatic carbocycles. The molecule has 1 aromatic rings. The van der Waals surface area contributed by atoms with Crippen molar-refractivity contribution in [1.29, 1.82) is 0 Å². The molecule has 3 rings (SSSR count). The summed E-state index contributed by atoms with van der Waals surface area (Å²) in [6.07, 6.45) is -7.38. The highest BCUT2D eigenvalue weighted by molar-refractivity contribution is 5.88. The second-order valence-electron chi connectivity index (χ2n) is 13.4. The minimum absolute atomic E-state index is 0.209. The molecule has 1 aromatic carbocycles. The van der Waals surface area contributed by atoms with Crippen LogP contribution in [-0.4, -0.2) is 99.5 Å². The number of nitrogens with zero attached hydrogens (tertiary/aromatic N) is 3. The van der Waals surface area contributed by atoms with E-state index in [1.165, 1.54) is 16.9 Å². The summed E-state index contributed by atoms with van der Waals surface area (Å²) in [6.45, 7) is 11.4. The van der Waals surface area contributed by atoms with Gasteiger partial charge in [-0.3, -0.25) is 19.2 Å². The van der Waals surface area contributed by atoms with Crippen molar-refractivity contribution in [2.45, 2.75) is 110 Å². The molecule has 0 bridgehead atoms. The summed E-state index contributed by atoms with van der Waals surface area (Å²) in [5.41, 5.74) is -0.119. The maximum absolute atomic E-state index is 13.8. The highest BCUT2D eigenvalue weighted by atomic mass is 19.4. The Labute approximate surface area is 268 Å². The zero-order valence-corrected chi connectivity index (χ0v) is 27.5. The maximum atomic E-state index is 13.8. The highest BCUT2D eigenvalue weighted by Gasteiger charge is 2.47. The number of rotatable bonds is 10. The average molecular weight is 656 g/mol. The molecule has 2 aliphatic rings. The van der Waals surface area contributed by atoms with Gasteiger partial charge in [0.05, 0.1) is 17.6 Å². The average Bonchev–Trinajstić information content (AvgIpc) is 3.44. The molecule has 0 saturated carbocycles. The van der Waals surface area contributed by atoms with Gasteiger partial charge in [0.25, 0.3) is 0 Å². The fourth-order valence-electron chi connectivity index (χ4n) is 5.81. The lowest BCUT2D eigenvalue weighted by molar-refractivity contribution is -0.244. The van der Waals surface area contributed by atoms with E-state index in [-0.39, 0.29) is 30.8 Å². The van der Waals surface area contributed by atoms with Crippen molar-refractivity contribution in [3.8, 4) is 0 Å². The van der Waals surface area contributed by atoms with Crippen molar-refractivity contribution in [3.63, 3.8) is 0 Å². The molecule has 0 unspecified atom stereocenters. The van der Waals surface area contributed by atoms with Crippen LogP contribution in [0.3, 0.4) is 0 Å². The van der Waals surface area contributed by atoms with Crippen LogP contribution in [0.1, 0.15) is 72.8 Å². The Balaban J connectivity index is 1.66. The molecule has 0 spiro atoms. The summed E-state index contributed by atoms with van der Waals surface area (Å²) < 4.78 is 40.6. The number of halogens is 3. The molecule has 4 atom stereocenters. The Morgan fingerprint density at radius 1 is 1.02 bits per heavy atom.